The first-order valence-electron chi connectivity index (χ1n) is 7.26. The van der Waals surface area contributed by atoms with E-state index in [0.717, 1.165) is 13.1 Å². The highest BCUT2D eigenvalue weighted by Gasteiger charge is 2.28. The predicted octanol–water partition coefficient (Wildman–Crippen LogP) is 3.13. The van der Waals surface area contributed by atoms with Gasteiger partial charge in [-0.2, -0.15) is 0 Å². The Morgan fingerprint density at radius 2 is 1.90 bits per heavy atom. The molecule has 0 aromatic heterocycles. The van der Waals surface area contributed by atoms with E-state index in [-0.39, 0.29) is 17.6 Å². The lowest BCUT2D eigenvalue weighted by Crippen LogP contribution is -2.48. The van der Waals surface area contributed by atoms with Crippen molar-refractivity contribution in [3.8, 4) is 0 Å². The molecule has 1 aliphatic heterocycles. The van der Waals surface area contributed by atoms with Crippen molar-refractivity contribution in [3.05, 3.63) is 30.1 Å². The molecule has 1 saturated heterocycles. The number of rotatable bonds is 3. The van der Waals surface area contributed by atoms with Crippen LogP contribution in [0, 0.1) is 17.7 Å². The molecule has 1 aromatic rings. The maximum absolute atomic E-state index is 13.6. The number of amides is 1. The highest BCUT2D eigenvalue weighted by molar-refractivity contribution is 5.94. The zero-order valence-electron chi connectivity index (χ0n) is 12.4. The predicted molar refractivity (Wildman–Crippen MR) is 79.0 cm³/mol. The Bertz CT molecular complexity index is 467. The van der Waals surface area contributed by atoms with Gasteiger partial charge in [0.15, 0.2) is 0 Å². The molecule has 2 rings (SSSR count). The minimum absolute atomic E-state index is 0.142. The fourth-order valence-corrected chi connectivity index (χ4v) is 2.99. The number of carbonyl (C=O) groups is 1. The van der Waals surface area contributed by atoms with Crippen molar-refractivity contribution in [2.24, 2.45) is 11.8 Å². The number of hydrogen-bond donors (Lipinski definition) is 1. The summed E-state index contributed by atoms with van der Waals surface area (Å²) in [6.07, 6.45) is 1.21. The first-order chi connectivity index (χ1) is 9.47. The molecule has 0 unspecified atom stereocenters. The molecule has 1 N–H and O–H groups in total. The SMILES string of the molecule is C[C@@H]1C[C@H](C)CN([C@@H](C)C(=O)Nc2ccccc2F)C1. The van der Waals surface area contributed by atoms with Crippen LogP contribution >= 0.6 is 0 Å². The zero-order valence-corrected chi connectivity index (χ0v) is 12.4. The smallest absolute Gasteiger partial charge is 0.241 e. The van der Waals surface area contributed by atoms with Gasteiger partial charge in [0, 0.05) is 13.1 Å². The second-order valence-electron chi connectivity index (χ2n) is 6.05. The normalized spacial score (nSPS) is 25.2. The van der Waals surface area contributed by atoms with Crippen LogP contribution in [-0.4, -0.2) is 29.9 Å². The summed E-state index contributed by atoms with van der Waals surface area (Å²) in [5.74, 6) is 0.662. The van der Waals surface area contributed by atoms with Crippen molar-refractivity contribution in [3.63, 3.8) is 0 Å². The van der Waals surface area contributed by atoms with Crippen molar-refractivity contribution in [1.29, 1.82) is 0 Å². The van der Waals surface area contributed by atoms with Gasteiger partial charge in [0.05, 0.1) is 11.7 Å². The summed E-state index contributed by atoms with van der Waals surface area (Å²) in [4.78, 5) is 14.4. The van der Waals surface area contributed by atoms with Crippen LogP contribution in [-0.2, 0) is 4.79 Å². The Kier molecular flexibility index (Phi) is 4.76. The average molecular weight is 278 g/mol. The van der Waals surface area contributed by atoms with Gasteiger partial charge in [-0.3, -0.25) is 9.69 Å². The van der Waals surface area contributed by atoms with Crippen LogP contribution in [0.15, 0.2) is 24.3 Å². The van der Waals surface area contributed by atoms with Gasteiger partial charge >= 0.3 is 0 Å². The fourth-order valence-electron chi connectivity index (χ4n) is 2.99. The molecule has 1 aliphatic rings. The van der Waals surface area contributed by atoms with Gasteiger partial charge in [0.25, 0.3) is 0 Å². The summed E-state index contributed by atoms with van der Waals surface area (Å²) < 4.78 is 13.6. The number of carbonyl (C=O) groups excluding carboxylic acids is 1. The Labute approximate surface area is 120 Å². The van der Waals surface area contributed by atoms with Crippen molar-refractivity contribution in [2.45, 2.75) is 33.2 Å². The van der Waals surface area contributed by atoms with Crippen molar-refractivity contribution in [1.82, 2.24) is 4.90 Å². The second-order valence-corrected chi connectivity index (χ2v) is 6.05. The second kappa shape index (κ2) is 6.35. The van der Waals surface area contributed by atoms with Gasteiger partial charge < -0.3 is 5.32 Å². The van der Waals surface area contributed by atoms with Crippen molar-refractivity contribution >= 4 is 11.6 Å². The maximum Gasteiger partial charge on any atom is 0.241 e. The number of nitrogens with zero attached hydrogens (tertiary/aromatic N) is 1. The summed E-state index contributed by atoms with van der Waals surface area (Å²) in [6.45, 7) is 8.17. The van der Waals surface area contributed by atoms with Gasteiger partial charge in [-0.15, -0.1) is 0 Å². The minimum atomic E-state index is -0.395. The molecule has 0 bridgehead atoms. The summed E-state index contributed by atoms with van der Waals surface area (Å²) in [5.41, 5.74) is 0.252. The van der Waals surface area contributed by atoms with Crippen molar-refractivity contribution in [2.75, 3.05) is 18.4 Å². The molecule has 20 heavy (non-hydrogen) atoms. The molecule has 1 aromatic carbocycles. The lowest BCUT2D eigenvalue weighted by atomic mass is 9.91. The van der Waals surface area contributed by atoms with Gasteiger partial charge in [-0.05, 0) is 37.3 Å². The molecule has 1 heterocycles. The molecule has 0 spiro atoms. The minimum Gasteiger partial charge on any atom is -0.322 e. The van der Waals surface area contributed by atoms with Crippen molar-refractivity contribution < 1.29 is 9.18 Å². The first kappa shape index (κ1) is 15.0. The Morgan fingerprint density at radius 3 is 2.50 bits per heavy atom. The Hall–Kier alpha value is -1.42. The van der Waals surface area contributed by atoms with E-state index in [2.05, 4.69) is 24.1 Å². The summed E-state index contributed by atoms with van der Waals surface area (Å²) in [5, 5.41) is 2.68. The largest absolute Gasteiger partial charge is 0.322 e. The molecule has 4 heteroatoms. The molecule has 0 saturated carbocycles. The Morgan fingerprint density at radius 1 is 1.30 bits per heavy atom. The van der Waals surface area contributed by atoms with Crippen LogP contribution in [0.25, 0.3) is 0 Å². The molecule has 1 fully saturated rings. The van der Waals surface area contributed by atoms with Gasteiger partial charge in [0.2, 0.25) is 5.91 Å². The van der Waals surface area contributed by atoms with E-state index in [0.29, 0.717) is 11.8 Å². The third-order valence-corrected chi connectivity index (χ3v) is 3.96. The third kappa shape index (κ3) is 3.57. The number of benzene rings is 1. The lowest BCUT2D eigenvalue weighted by molar-refractivity contribution is -0.121. The molecular weight excluding hydrogens is 255 g/mol. The number of para-hydroxylation sites is 1. The summed E-state index contributed by atoms with van der Waals surface area (Å²) in [7, 11) is 0. The molecule has 0 aliphatic carbocycles. The topological polar surface area (TPSA) is 32.3 Å². The van der Waals surface area contributed by atoms with Crippen LogP contribution in [0.2, 0.25) is 0 Å². The number of hydrogen-bond acceptors (Lipinski definition) is 2. The summed E-state index contributed by atoms with van der Waals surface area (Å²) in [6, 6.07) is 6.03. The van der Waals surface area contributed by atoms with Gasteiger partial charge in [-0.1, -0.05) is 26.0 Å². The van der Waals surface area contributed by atoms with Crippen LogP contribution in [0.5, 0.6) is 0 Å². The molecule has 0 radical (unpaired) electrons. The lowest BCUT2D eigenvalue weighted by Gasteiger charge is -2.38. The monoisotopic (exact) mass is 278 g/mol. The van der Waals surface area contributed by atoms with E-state index < -0.39 is 5.82 Å². The summed E-state index contributed by atoms with van der Waals surface area (Å²) >= 11 is 0. The number of nitrogens with one attached hydrogen (secondary N) is 1. The van der Waals surface area contributed by atoms with Gasteiger partial charge in [0.1, 0.15) is 5.82 Å². The highest BCUT2D eigenvalue weighted by Crippen LogP contribution is 2.23. The van der Waals surface area contributed by atoms with E-state index in [9.17, 15) is 9.18 Å². The van der Waals surface area contributed by atoms with Crippen LogP contribution in [0.1, 0.15) is 27.2 Å². The molecule has 3 atom stereocenters. The molecule has 110 valence electrons. The number of anilines is 1. The van der Waals surface area contributed by atoms with E-state index in [1.807, 2.05) is 6.92 Å². The number of halogens is 1. The zero-order chi connectivity index (χ0) is 14.7. The van der Waals surface area contributed by atoms with E-state index in [1.54, 1.807) is 18.2 Å². The first-order valence-corrected chi connectivity index (χ1v) is 7.26. The Balaban J connectivity index is 2.00. The van der Waals surface area contributed by atoms with Crippen LogP contribution in [0.3, 0.4) is 0 Å². The van der Waals surface area contributed by atoms with E-state index in [4.69, 9.17) is 0 Å². The average Bonchev–Trinajstić information content (AvgIpc) is 2.39. The molecular formula is C16H23FN2O. The van der Waals surface area contributed by atoms with E-state index >= 15 is 0 Å². The quantitative estimate of drug-likeness (QED) is 0.921. The number of likely N-dealkylation sites (tertiary alicyclic amines) is 1. The fraction of sp³-hybridized carbons (Fsp3) is 0.562. The molecule has 3 nitrogen and oxygen atoms in total. The third-order valence-electron chi connectivity index (χ3n) is 3.96. The molecule has 1 amide bonds. The highest BCUT2D eigenvalue weighted by atomic mass is 19.1. The number of piperidine rings is 1. The van der Waals surface area contributed by atoms with Gasteiger partial charge in [-0.25, -0.2) is 4.39 Å². The van der Waals surface area contributed by atoms with Crippen LogP contribution in [0.4, 0.5) is 10.1 Å². The standard InChI is InChI=1S/C16H23FN2O/c1-11-8-12(2)10-19(9-11)13(3)16(20)18-15-7-5-4-6-14(15)17/h4-7,11-13H,8-10H2,1-3H3,(H,18,20)/t11-,12+,13-/m0/s1. The van der Waals surface area contributed by atoms with E-state index in [1.165, 1.54) is 12.5 Å². The van der Waals surface area contributed by atoms with Crippen LogP contribution < -0.4 is 5.32 Å². The maximum atomic E-state index is 13.6.